The number of methoxy groups -OCH3 is 1. The van der Waals surface area contributed by atoms with E-state index in [1.54, 1.807) is 18.9 Å². The maximum atomic E-state index is 12.2. The predicted octanol–water partition coefficient (Wildman–Crippen LogP) is 2.50. The lowest BCUT2D eigenvalue weighted by Gasteiger charge is -2.26. The summed E-state index contributed by atoms with van der Waals surface area (Å²) in [5.74, 6) is 1.25. The van der Waals surface area contributed by atoms with Crippen LogP contribution in [0.2, 0.25) is 5.02 Å². The molecular formula is C13H15ClN2O4S. The van der Waals surface area contributed by atoms with Gasteiger partial charge < -0.3 is 10.1 Å². The van der Waals surface area contributed by atoms with Crippen LogP contribution in [-0.4, -0.2) is 41.6 Å². The number of halogens is 1. The smallest absolute Gasteiger partial charge is 0.282 e. The van der Waals surface area contributed by atoms with Gasteiger partial charge in [0, 0.05) is 30.5 Å². The fourth-order valence-corrected chi connectivity index (χ4v) is 3.72. The lowest BCUT2D eigenvalue weighted by molar-refractivity contribution is -0.385. The van der Waals surface area contributed by atoms with Gasteiger partial charge in [-0.3, -0.25) is 14.9 Å². The Bertz CT molecular complexity index is 561. The Morgan fingerprint density at radius 3 is 2.95 bits per heavy atom. The van der Waals surface area contributed by atoms with Gasteiger partial charge in [-0.05, 0) is 24.3 Å². The molecule has 0 aliphatic carbocycles. The fraction of sp³-hybridized carbons (Fsp3) is 0.462. The quantitative estimate of drug-likeness (QED) is 0.662. The van der Waals surface area contributed by atoms with E-state index in [4.69, 9.17) is 16.3 Å². The molecule has 114 valence electrons. The van der Waals surface area contributed by atoms with Gasteiger partial charge in [0.15, 0.2) is 0 Å². The minimum atomic E-state index is -0.594. The molecule has 1 aliphatic heterocycles. The monoisotopic (exact) mass is 330 g/mol. The highest BCUT2D eigenvalue weighted by molar-refractivity contribution is 7.99. The Morgan fingerprint density at radius 1 is 1.62 bits per heavy atom. The molecule has 21 heavy (non-hydrogen) atoms. The van der Waals surface area contributed by atoms with Crippen molar-refractivity contribution in [2.75, 3.05) is 25.2 Å². The number of amides is 1. The number of nitrogens with one attached hydrogen (secondary N) is 1. The largest absolute Gasteiger partial charge is 0.376 e. The molecule has 1 fully saturated rings. The second-order valence-corrected chi connectivity index (χ2v) is 6.33. The summed E-state index contributed by atoms with van der Waals surface area (Å²) < 4.78 is 5.49. The summed E-state index contributed by atoms with van der Waals surface area (Å²) in [5, 5.41) is 14.0. The molecule has 1 amide bonds. The zero-order chi connectivity index (χ0) is 15.5. The predicted molar refractivity (Wildman–Crippen MR) is 82.1 cm³/mol. The molecule has 0 aromatic heterocycles. The summed E-state index contributed by atoms with van der Waals surface area (Å²) in [7, 11) is 1.61. The summed E-state index contributed by atoms with van der Waals surface area (Å²) in [5.41, 5.74) is -0.693. The van der Waals surface area contributed by atoms with Crippen molar-refractivity contribution in [2.45, 2.75) is 12.0 Å². The molecule has 0 saturated carbocycles. The molecule has 6 nitrogen and oxygen atoms in total. The normalized spacial score (nSPS) is 21.2. The second kappa shape index (κ2) is 6.64. The molecule has 0 spiro atoms. The third-order valence-electron chi connectivity index (χ3n) is 3.47. The number of nitro groups is 1. The van der Waals surface area contributed by atoms with Crippen molar-refractivity contribution in [3.05, 3.63) is 38.9 Å². The van der Waals surface area contributed by atoms with Crippen LogP contribution in [0.1, 0.15) is 16.8 Å². The number of nitrogens with zero attached hydrogens (tertiary/aromatic N) is 1. The van der Waals surface area contributed by atoms with Gasteiger partial charge in [-0.1, -0.05) is 11.6 Å². The third-order valence-corrected chi connectivity index (χ3v) is 4.93. The van der Waals surface area contributed by atoms with E-state index in [-0.39, 0.29) is 16.3 Å². The van der Waals surface area contributed by atoms with Crippen molar-refractivity contribution < 1.29 is 14.5 Å². The summed E-state index contributed by atoms with van der Waals surface area (Å²) in [6.07, 6.45) is 0.839. The molecular weight excluding hydrogens is 316 g/mol. The first-order valence-corrected chi connectivity index (χ1v) is 7.86. The number of ether oxygens (including phenoxy) is 1. The van der Waals surface area contributed by atoms with E-state index in [1.807, 2.05) is 0 Å². The van der Waals surface area contributed by atoms with Crippen LogP contribution >= 0.6 is 23.4 Å². The van der Waals surface area contributed by atoms with Gasteiger partial charge in [0.1, 0.15) is 5.56 Å². The van der Waals surface area contributed by atoms with Crippen molar-refractivity contribution in [2.24, 2.45) is 0 Å². The Morgan fingerprint density at radius 2 is 2.38 bits per heavy atom. The van der Waals surface area contributed by atoms with E-state index in [0.29, 0.717) is 6.54 Å². The minimum absolute atomic E-state index is 0.0376. The second-order valence-electron chi connectivity index (χ2n) is 4.79. The van der Waals surface area contributed by atoms with Crippen molar-refractivity contribution in [1.82, 2.24) is 5.32 Å². The SMILES string of the molecule is COC1(CNC(=O)c2cc(Cl)ccc2[N+](=O)[O-])CCSC1. The fourth-order valence-electron chi connectivity index (χ4n) is 2.15. The van der Waals surface area contributed by atoms with Crippen LogP contribution < -0.4 is 5.32 Å². The topological polar surface area (TPSA) is 81.5 Å². The van der Waals surface area contributed by atoms with E-state index in [1.165, 1.54) is 18.2 Å². The molecule has 1 heterocycles. The highest BCUT2D eigenvalue weighted by Gasteiger charge is 2.35. The molecule has 0 bridgehead atoms. The summed E-state index contributed by atoms with van der Waals surface area (Å²) >= 11 is 7.57. The highest BCUT2D eigenvalue weighted by atomic mass is 35.5. The number of benzene rings is 1. The molecule has 1 aromatic rings. The van der Waals surface area contributed by atoms with Gasteiger partial charge in [0.2, 0.25) is 0 Å². The molecule has 1 N–H and O–H groups in total. The van der Waals surface area contributed by atoms with Crippen molar-refractivity contribution in [1.29, 1.82) is 0 Å². The highest BCUT2D eigenvalue weighted by Crippen LogP contribution is 2.30. The van der Waals surface area contributed by atoms with Crippen molar-refractivity contribution >= 4 is 35.0 Å². The van der Waals surface area contributed by atoms with Crippen LogP contribution in [-0.2, 0) is 4.74 Å². The zero-order valence-corrected chi connectivity index (χ0v) is 13.0. The summed E-state index contributed by atoms with van der Waals surface area (Å²) in [4.78, 5) is 22.6. The third kappa shape index (κ3) is 3.66. The lowest BCUT2D eigenvalue weighted by Crippen LogP contribution is -2.44. The van der Waals surface area contributed by atoms with Crippen LogP contribution in [0.15, 0.2) is 18.2 Å². The van der Waals surface area contributed by atoms with Crippen LogP contribution in [0, 0.1) is 10.1 Å². The Balaban J connectivity index is 2.13. The number of carbonyl (C=O) groups excluding carboxylic acids is 1. The molecule has 1 unspecified atom stereocenters. The Hall–Kier alpha value is -1.31. The average Bonchev–Trinajstić information content (AvgIpc) is 2.94. The standard InChI is InChI=1S/C13H15ClN2O4S/c1-20-13(4-5-21-8-13)7-15-12(17)10-6-9(14)2-3-11(10)16(18)19/h2-3,6H,4-5,7-8H2,1H3,(H,15,17). The van der Waals surface area contributed by atoms with Crippen LogP contribution in [0.5, 0.6) is 0 Å². The Labute approximate surface area is 131 Å². The van der Waals surface area contributed by atoms with E-state index in [0.717, 1.165) is 17.9 Å². The molecule has 1 atom stereocenters. The van der Waals surface area contributed by atoms with Gasteiger partial charge in [-0.2, -0.15) is 11.8 Å². The molecule has 1 aromatic carbocycles. The van der Waals surface area contributed by atoms with E-state index in [2.05, 4.69) is 5.32 Å². The minimum Gasteiger partial charge on any atom is -0.376 e. The van der Waals surface area contributed by atoms with E-state index >= 15 is 0 Å². The van der Waals surface area contributed by atoms with Gasteiger partial charge in [-0.15, -0.1) is 0 Å². The molecule has 8 heteroatoms. The zero-order valence-electron chi connectivity index (χ0n) is 11.4. The number of nitro benzene ring substituents is 1. The maximum Gasteiger partial charge on any atom is 0.282 e. The van der Waals surface area contributed by atoms with Gasteiger partial charge >= 0.3 is 0 Å². The first-order chi connectivity index (χ1) is 9.97. The van der Waals surface area contributed by atoms with Crippen LogP contribution in [0.3, 0.4) is 0 Å². The Kier molecular flexibility index (Phi) is 5.08. The average molecular weight is 331 g/mol. The number of thioether (sulfide) groups is 1. The first-order valence-electron chi connectivity index (χ1n) is 6.32. The van der Waals surface area contributed by atoms with E-state index in [9.17, 15) is 14.9 Å². The molecule has 2 rings (SSSR count). The van der Waals surface area contributed by atoms with Crippen molar-refractivity contribution in [3.8, 4) is 0 Å². The summed E-state index contributed by atoms with van der Waals surface area (Å²) in [6.45, 7) is 0.318. The number of rotatable bonds is 5. The van der Waals surface area contributed by atoms with E-state index < -0.39 is 16.4 Å². The van der Waals surface area contributed by atoms with Gasteiger partial charge in [0.05, 0.1) is 10.5 Å². The molecule has 0 radical (unpaired) electrons. The molecule has 1 aliphatic rings. The van der Waals surface area contributed by atoms with Crippen LogP contribution in [0.4, 0.5) is 5.69 Å². The number of hydrogen-bond donors (Lipinski definition) is 1. The van der Waals surface area contributed by atoms with Gasteiger partial charge in [-0.25, -0.2) is 0 Å². The first kappa shape index (κ1) is 16.1. The number of hydrogen-bond acceptors (Lipinski definition) is 5. The van der Waals surface area contributed by atoms with Crippen LogP contribution in [0.25, 0.3) is 0 Å². The van der Waals surface area contributed by atoms with Crippen molar-refractivity contribution in [3.63, 3.8) is 0 Å². The maximum absolute atomic E-state index is 12.2. The number of carbonyl (C=O) groups is 1. The van der Waals surface area contributed by atoms with Gasteiger partial charge in [0.25, 0.3) is 11.6 Å². The lowest BCUT2D eigenvalue weighted by atomic mass is 10.0. The molecule has 1 saturated heterocycles. The summed E-state index contributed by atoms with van der Waals surface area (Å²) in [6, 6.07) is 3.92.